The number of benzene rings is 3. The zero-order valence-corrected chi connectivity index (χ0v) is 28.6. The van der Waals surface area contributed by atoms with Gasteiger partial charge in [-0.05, 0) is 66.8 Å². The van der Waals surface area contributed by atoms with E-state index in [0.717, 1.165) is 22.4 Å². The molecular formula is C36H34ClFN8O4. The second-order valence-electron chi connectivity index (χ2n) is 12.7. The van der Waals surface area contributed by atoms with E-state index in [2.05, 4.69) is 25.6 Å². The van der Waals surface area contributed by atoms with E-state index in [4.69, 9.17) is 21.1 Å². The fraction of sp³-hybridized carbons (Fsp3) is 0.278. The van der Waals surface area contributed by atoms with Crippen LogP contribution in [-0.2, 0) is 16.9 Å². The van der Waals surface area contributed by atoms with E-state index >= 15 is 4.39 Å². The number of methoxy groups -OCH3 is 1. The van der Waals surface area contributed by atoms with E-state index in [-0.39, 0.29) is 47.2 Å². The number of hydrogen-bond acceptors (Lipinski definition) is 9. The first-order valence-corrected chi connectivity index (χ1v) is 16.4. The quantitative estimate of drug-likeness (QED) is 0.200. The first kappa shape index (κ1) is 33.0. The van der Waals surface area contributed by atoms with Crippen molar-refractivity contribution in [2.45, 2.75) is 32.4 Å². The molecule has 0 bridgehead atoms. The molecule has 50 heavy (non-hydrogen) atoms. The lowest BCUT2D eigenvalue weighted by molar-refractivity contribution is -0.0569. The van der Waals surface area contributed by atoms with Crippen LogP contribution in [-0.4, -0.2) is 69.1 Å². The van der Waals surface area contributed by atoms with Crippen molar-refractivity contribution in [1.29, 1.82) is 0 Å². The van der Waals surface area contributed by atoms with Crippen LogP contribution in [0.25, 0.3) is 11.3 Å². The number of carbonyl (C=O) groups excluding carboxylic acids is 2. The molecule has 14 heteroatoms. The molecule has 2 aromatic heterocycles. The summed E-state index contributed by atoms with van der Waals surface area (Å²) in [5.74, 6) is -0.376. The molecule has 4 heterocycles. The monoisotopic (exact) mass is 696 g/mol. The van der Waals surface area contributed by atoms with Gasteiger partial charge in [-0.15, -0.1) is 5.10 Å². The van der Waals surface area contributed by atoms with Gasteiger partial charge in [0.15, 0.2) is 11.4 Å². The number of carbonyl (C=O) groups is 2. The topological polar surface area (TPSA) is 128 Å². The van der Waals surface area contributed by atoms with Gasteiger partial charge in [0, 0.05) is 36.6 Å². The summed E-state index contributed by atoms with van der Waals surface area (Å²) in [6.07, 6.45) is 3.12. The lowest BCUT2D eigenvalue weighted by Gasteiger charge is -2.47. The standard InChI is InChI=1S/C36H34ClFN8O4/c1-21-16-36(31-28(40-35(48)50-36)12-11-27(37)32(31)38)20-45(17-21)33(47)25-8-6-5-7-23(25)18-46-19-29(42-43-46)26-15-24(10-9-22(26)2)44(3)30-13-14-39-34(41-30)49-4/h5-15,19,21H,16-18,20H2,1-4H3,(H,40,48). The fourth-order valence-electron chi connectivity index (χ4n) is 6.87. The van der Waals surface area contributed by atoms with Crippen molar-refractivity contribution in [3.63, 3.8) is 0 Å². The molecular weight excluding hydrogens is 663 g/mol. The smallest absolute Gasteiger partial charge is 0.412 e. The Bertz CT molecular complexity index is 2130. The maximum atomic E-state index is 15.5. The molecule has 1 spiro atoms. The summed E-state index contributed by atoms with van der Waals surface area (Å²) in [6, 6.07) is 18.3. The van der Waals surface area contributed by atoms with Crippen LogP contribution in [0, 0.1) is 18.7 Å². The molecule has 0 radical (unpaired) electrons. The van der Waals surface area contributed by atoms with Gasteiger partial charge >= 0.3 is 12.1 Å². The largest absolute Gasteiger partial charge is 0.467 e. The highest BCUT2D eigenvalue weighted by Crippen LogP contribution is 2.46. The first-order valence-electron chi connectivity index (χ1n) is 16.0. The van der Waals surface area contributed by atoms with Crippen LogP contribution >= 0.6 is 11.6 Å². The number of nitrogens with one attached hydrogen (secondary N) is 1. The van der Waals surface area contributed by atoms with Crippen LogP contribution in [0.3, 0.4) is 0 Å². The second kappa shape index (κ2) is 13.0. The molecule has 1 N–H and O–H groups in total. The number of nitrogens with zero attached hydrogens (tertiary/aromatic N) is 7. The lowest BCUT2D eigenvalue weighted by Crippen LogP contribution is -2.56. The SMILES string of the molecule is COc1nccc(N(C)c2ccc(C)c(-c3cn(Cc4ccccc4C(=O)N4CC(C)CC5(C4)OC(=O)Nc4ccc(Cl)c(F)c45)nn3)c2)n1. The number of aromatic nitrogens is 5. The molecule has 3 aromatic carbocycles. The summed E-state index contributed by atoms with van der Waals surface area (Å²) in [4.78, 5) is 39.0. The van der Waals surface area contributed by atoms with Gasteiger partial charge in [0.25, 0.3) is 5.91 Å². The van der Waals surface area contributed by atoms with Crippen LogP contribution in [0.1, 0.15) is 40.4 Å². The van der Waals surface area contributed by atoms with Gasteiger partial charge in [0.1, 0.15) is 11.5 Å². The molecule has 1 saturated heterocycles. The number of halogens is 2. The molecule has 7 rings (SSSR count). The van der Waals surface area contributed by atoms with Gasteiger partial charge in [-0.25, -0.2) is 18.9 Å². The number of amides is 2. The summed E-state index contributed by atoms with van der Waals surface area (Å²) in [5.41, 5.74) is 3.68. The number of ether oxygens (including phenoxy) is 2. The number of likely N-dealkylation sites (tertiary alicyclic amines) is 1. The number of fused-ring (bicyclic) bond motifs is 2. The molecule has 1 fully saturated rings. The van der Waals surface area contributed by atoms with Gasteiger partial charge in [-0.2, -0.15) is 4.98 Å². The van der Waals surface area contributed by atoms with Crippen molar-refractivity contribution in [1.82, 2.24) is 29.9 Å². The van der Waals surface area contributed by atoms with Gasteiger partial charge in [0.05, 0.1) is 42.7 Å². The normalized spacial score (nSPS) is 18.3. The molecule has 12 nitrogen and oxygen atoms in total. The Balaban J connectivity index is 1.15. The van der Waals surface area contributed by atoms with Gasteiger partial charge in [-0.1, -0.05) is 48.0 Å². The molecule has 0 aliphatic carbocycles. The molecule has 2 amide bonds. The Hall–Kier alpha value is -5.56. The van der Waals surface area contributed by atoms with Crippen molar-refractivity contribution in [3.8, 4) is 17.3 Å². The molecule has 2 aliphatic rings. The zero-order chi connectivity index (χ0) is 35.2. The van der Waals surface area contributed by atoms with Gasteiger partial charge in [-0.3, -0.25) is 10.1 Å². The van der Waals surface area contributed by atoms with Crippen molar-refractivity contribution < 1.29 is 23.5 Å². The van der Waals surface area contributed by atoms with Crippen LogP contribution in [0.2, 0.25) is 5.02 Å². The Morgan fingerprint density at radius 2 is 2.02 bits per heavy atom. The maximum Gasteiger partial charge on any atom is 0.412 e. The fourth-order valence-corrected chi connectivity index (χ4v) is 7.03. The van der Waals surface area contributed by atoms with Crippen LogP contribution < -0.4 is 15.0 Å². The van der Waals surface area contributed by atoms with E-state index in [1.54, 1.807) is 40.0 Å². The minimum absolute atomic E-state index is 0.0263. The molecule has 2 atom stereocenters. The molecule has 256 valence electrons. The van der Waals surface area contributed by atoms with Crippen molar-refractivity contribution in [2.24, 2.45) is 5.92 Å². The summed E-state index contributed by atoms with van der Waals surface area (Å²) in [6.45, 7) is 4.60. The number of anilines is 3. The predicted molar refractivity (Wildman–Crippen MR) is 185 cm³/mol. The predicted octanol–water partition coefficient (Wildman–Crippen LogP) is 6.60. The summed E-state index contributed by atoms with van der Waals surface area (Å²) in [7, 11) is 3.43. The van der Waals surface area contributed by atoms with Crippen molar-refractivity contribution >= 4 is 40.8 Å². The number of hydrogen-bond donors (Lipinski definition) is 1. The molecule has 2 aliphatic heterocycles. The first-order chi connectivity index (χ1) is 24.0. The number of aryl methyl sites for hydroxylation is 1. The van der Waals surface area contributed by atoms with Gasteiger partial charge in [0.2, 0.25) is 0 Å². The lowest BCUT2D eigenvalue weighted by atomic mass is 9.79. The van der Waals surface area contributed by atoms with Crippen LogP contribution in [0.5, 0.6) is 6.01 Å². The average Bonchev–Trinajstić information content (AvgIpc) is 3.57. The van der Waals surface area contributed by atoms with Crippen molar-refractivity contribution in [2.75, 3.05) is 37.5 Å². The van der Waals surface area contributed by atoms with Crippen molar-refractivity contribution in [3.05, 3.63) is 106 Å². The van der Waals surface area contributed by atoms with Crippen LogP contribution in [0.4, 0.5) is 26.4 Å². The average molecular weight is 697 g/mol. The summed E-state index contributed by atoms with van der Waals surface area (Å²) in [5, 5.41) is 11.4. The second-order valence-corrected chi connectivity index (χ2v) is 13.1. The summed E-state index contributed by atoms with van der Waals surface area (Å²) >= 11 is 6.17. The molecule has 2 unspecified atom stereocenters. The number of piperidine rings is 1. The van der Waals surface area contributed by atoms with E-state index in [1.807, 2.05) is 62.3 Å². The minimum atomic E-state index is -1.39. The van der Waals surface area contributed by atoms with Crippen LogP contribution in [0.15, 0.2) is 73.1 Å². The van der Waals surface area contributed by atoms with E-state index in [9.17, 15) is 9.59 Å². The number of rotatable bonds is 7. The Morgan fingerprint density at radius 3 is 2.84 bits per heavy atom. The Kier molecular flexibility index (Phi) is 8.60. The highest BCUT2D eigenvalue weighted by Gasteiger charge is 2.50. The Labute approximate surface area is 292 Å². The molecule has 5 aromatic rings. The highest BCUT2D eigenvalue weighted by molar-refractivity contribution is 6.31. The van der Waals surface area contributed by atoms with E-state index < -0.39 is 17.5 Å². The van der Waals surface area contributed by atoms with E-state index in [0.29, 0.717) is 30.0 Å². The van der Waals surface area contributed by atoms with E-state index in [1.165, 1.54) is 13.2 Å². The maximum absolute atomic E-state index is 15.5. The summed E-state index contributed by atoms with van der Waals surface area (Å²) < 4.78 is 28.2. The Morgan fingerprint density at radius 1 is 1.20 bits per heavy atom. The third-order valence-corrected chi connectivity index (χ3v) is 9.46. The zero-order valence-electron chi connectivity index (χ0n) is 27.9. The van der Waals surface area contributed by atoms with Gasteiger partial charge < -0.3 is 19.3 Å². The third kappa shape index (κ3) is 6.09. The highest BCUT2D eigenvalue weighted by atomic mass is 35.5. The third-order valence-electron chi connectivity index (χ3n) is 9.17. The minimum Gasteiger partial charge on any atom is -0.467 e. The molecule has 0 saturated carbocycles.